The van der Waals surface area contributed by atoms with E-state index in [-0.39, 0.29) is 6.04 Å². The largest absolute Gasteiger partial charge is 0.450 e. The van der Waals surface area contributed by atoms with E-state index in [9.17, 15) is 4.79 Å². The molecule has 0 unspecified atom stereocenters. The lowest BCUT2D eigenvalue weighted by Crippen LogP contribution is -2.27. The Hall–Kier alpha value is -1.59. The van der Waals surface area contributed by atoms with Crippen molar-refractivity contribution < 1.29 is 14.1 Å². The first-order valence-electron chi connectivity index (χ1n) is 5.37. The van der Waals surface area contributed by atoms with E-state index in [1.54, 1.807) is 13.8 Å². The van der Waals surface area contributed by atoms with E-state index in [1.165, 1.54) is 0 Å². The second kappa shape index (κ2) is 6.09. The Labute approximate surface area is 94.4 Å². The van der Waals surface area contributed by atoms with Crippen molar-refractivity contribution in [3.05, 3.63) is 11.7 Å². The zero-order valence-electron chi connectivity index (χ0n) is 9.82. The van der Waals surface area contributed by atoms with Gasteiger partial charge in [-0.1, -0.05) is 18.5 Å². The molecule has 1 heterocycles. The van der Waals surface area contributed by atoms with Crippen molar-refractivity contribution in [2.24, 2.45) is 0 Å². The molecule has 0 fully saturated rings. The van der Waals surface area contributed by atoms with E-state index in [0.29, 0.717) is 18.3 Å². The van der Waals surface area contributed by atoms with Crippen LogP contribution in [-0.4, -0.2) is 22.8 Å². The van der Waals surface area contributed by atoms with Gasteiger partial charge in [-0.25, -0.2) is 4.79 Å². The van der Waals surface area contributed by atoms with Gasteiger partial charge in [-0.05, 0) is 20.3 Å². The standard InChI is InChI=1S/C10H17N3O3/c1-4-5-6-15-10(14)11-7(2)9-12-8(3)13-16-9/h7H,4-6H2,1-3H3,(H,11,14)/t7-/m1/s1. The minimum absolute atomic E-state index is 0.338. The van der Waals surface area contributed by atoms with Gasteiger partial charge >= 0.3 is 6.09 Å². The second-order valence-electron chi connectivity index (χ2n) is 3.54. The highest BCUT2D eigenvalue weighted by Crippen LogP contribution is 2.08. The van der Waals surface area contributed by atoms with Crippen molar-refractivity contribution in [2.75, 3.05) is 6.61 Å². The molecule has 0 aliphatic heterocycles. The summed E-state index contributed by atoms with van der Waals surface area (Å²) >= 11 is 0. The molecule has 0 spiro atoms. The number of carbonyl (C=O) groups excluding carboxylic acids is 1. The molecule has 0 aliphatic carbocycles. The lowest BCUT2D eigenvalue weighted by atomic mass is 10.3. The number of aryl methyl sites for hydroxylation is 1. The topological polar surface area (TPSA) is 77.2 Å². The van der Waals surface area contributed by atoms with Gasteiger partial charge in [-0.15, -0.1) is 0 Å². The molecule has 6 heteroatoms. The van der Waals surface area contributed by atoms with Crippen LogP contribution in [0.1, 0.15) is 44.4 Å². The van der Waals surface area contributed by atoms with E-state index in [0.717, 1.165) is 12.8 Å². The van der Waals surface area contributed by atoms with Gasteiger partial charge in [-0.3, -0.25) is 0 Å². The summed E-state index contributed by atoms with van der Waals surface area (Å²) in [5, 5.41) is 6.25. The number of rotatable bonds is 5. The van der Waals surface area contributed by atoms with Crippen LogP contribution < -0.4 is 5.32 Å². The highest BCUT2D eigenvalue weighted by atomic mass is 16.5. The molecule has 0 bridgehead atoms. The fourth-order valence-corrected chi connectivity index (χ4v) is 1.08. The van der Waals surface area contributed by atoms with Crippen LogP contribution >= 0.6 is 0 Å². The third-order valence-corrected chi connectivity index (χ3v) is 1.98. The first kappa shape index (κ1) is 12.5. The van der Waals surface area contributed by atoms with Crippen molar-refractivity contribution in [1.82, 2.24) is 15.5 Å². The van der Waals surface area contributed by atoms with E-state index in [2.05, 4.69) is 15.5 Å². The number of unbranched alkanes of at least 4 members (excludes halogenated alkanes) is 1. The summed E-state index contributed by atoms with van der Waals surface area (Å²) in [5.41, 5.74) is 0. The summed E-state index contributed by atoms with van der Waals surface area (Å²) in [6.45, 7) is 5.94. The maximum Gasteiger partial charge on any atom is 0.407 e. The maximum absolute atomic E-state index is 11.3. The SMILES string of the molecule is CCCCOC(=O)N[C@H](C)c1nc(C)no1. The monoisotopic (exact) mass is 227 g/mol. The normalized spacial score (nSPS) is 12.2. The number of ether oxygens (including phenoxy) is 1. The van der Waals surface area contributed by atoms with Gasteiger partial charge in [0.2, 0.25) is 5.89 Å². The molecule has 0 saturated heterocycles. The molecule has 0 saturated carbocycles. The van der Waals surface area contributed by atoms with Crippen LogP contribution in [0.2, 0.25) is 0 Å². The van der Waals surface area contributed by atoms with Crippen molar-refractivity contribution >= 4 is 6.09 Å². The number of hydrogen-bond donors (Lipinski definition) is 1. The first-order chi connectivity index (χ1) is 7.63. The van der Waals surface area contributed by atoms with Gasteiger partial charge < -0.3 is 14.6 Å². The van der Waals surface area contributed by atoms with Crippen molar-refractivity contribution in [3.8, 4) is 0 Å². The Morgan fingerprint density at radius 2 is 2.38 bits per heavy atom. The van der Waals surface area contributed by atoms with E-state index in [4.69, 9.17) is 9.26 Å². The zero-order valence-corrected chi connectivity index (χ0v) is 9.82. The van der Waals surface area contributed by atoms with Crippen LogP contribution in [0.25, 0.3) is 0 Å². The third kappa shape index (κ3) is 3.88. The maximum atomic E-state index is 11.3. The lowest BCUT2D eigenvalue weighted by molar-refractivity contribution is 0.139. The number of nitrogens with one attached hydrogen (secondary N) is 1. The Morgan fingerprint density at radius 1 is 1.62 bits per heavy atom. The molecule has 1 amide bonds. The minimum Gasteiger partial charge on any atom is -0.450 e. The zero-order chi connectivity index (χ0) is 12.0. The quantitative estimate of drug-likeness (QED) is 0.778. The molecule has 0 aromatic carbocycles. The molecule has 1 atom stereocenters. The summed E-state index contributed by atoms with van der Waals surface area (Å²) < 4.78 is 9.86. The van der Waals surface area contributed by atoms with Gasteiger partial charge in [0.05, 0.1) is 6.61 Å². The Balaban J connectivity index is 2.33. The average molecular weight is 227 g/mol. The van der Waals surface area contributed by atoms with Gasteiger partial charge in [0, 0.05) is 0 Å². The third-order valence-electron chi connectivity index (χ3n) is 1.98. The highest BCUT2D eigenvalue weighted by molar-refractivity contribution is 5.67. The van der Waals surface area contributed by atoms with E-state index in [1.807, 2.05) is 6.92 Å². The molecule has 90 valence electrons. The number of carbonyl (C=O) groups is 1. The predicted octanol–water partition coefficient (Wildman–Crippen LogP) is 1.97. The van der Waals surface area contributed by atoms with Gasteiger partial charge in [0.1, 0.15) is 6.04 Å². The molecule has 1 aromatic rings. The average Bonchev–Trinajstić information content (AvgIpc) is 2.65. The molecule has 0 radical (unpaired) electrons. The van der Waals surface area contributed by atoms with Gasteiger partial charge in [0.25, 0.3) is 0 Å². The van der Waals surface area contributed by atoms with E-state index >= 15 is 0 Å². The van der Waals surface area contributed by atoms with Gasteiger partial charge in [0.15, 0.2) is 5.82 Å². The summed E-state index contributed by atoms with van der Waals surface area (Å²) in [6, 6.07) is -0.338. The Morgan fingerprint density at radius 3 is 2.94 bits per heavy atom. The fourth-order valence-electron chi connectivity index (χ4n) is 1.08. The minimum atomic E-state index is -0.461. The number of hydrogen-bond acceptors (Lipinski definition) is 5. The molecular weight excluding hydrogens is 210 g/mol. The first-order valence-corrected chi connectivity index (χ1v) is 5.37. The summed E-state index contributed by atoms with van der Waals surface area (Å²) in [4.78, 5) is 15.3. The fraction of sp³-hybridized carbons (Fsp3) is 0.700. The Kier molecular flexibility index (Phi) is 4.75. The van der Waals surface area contributed by atoms with Crippen LogP contribution in [0.4, 0.5) is 4.79 Å². The number of amides is 1. The molecule has 6 nitrogen and oxygen atoms in total. The van der Waals surface area contributed by atoms with Crippen LogP contribution in [0.3, 0.4) is 0 Å². The van der Waals surface area contributed by atoms with Gasteiger partial charge in [-0.2, -0.15) is 4.98 Å². The summed E-state index contributed by atoms with van der Waals surface area (Å²) in [7, 11) is 0. The van der Waals surface area contributed by atoms with E-state index < -0.39 is 6.09 Å². The lowest BCUT2D eigenvalue weighted by Gasteiger charge is -2.09. The summed E-state index contributed by atoms with van der Waals surface area (Å²) in [5.74, 6) is 0.924. The van der Waals surface area contributed by atoms with Crippen molar-refractivity contribution in [1.29, 1.82) is 0 Å². The van der Waals surface area contributed by atoms with Crippen molar-refractivity contribution in [3.63, 3.8) is 0 Å². The van der Waals surface area contributed by atoms with Crippen LogP contribution in [0.15, 0.2) is 4.52 Å². The molecule has 16 heavy (non-hydrogen) atoms. The smallest absolute Gasteiger partial charge is 0.407 e. The molecule has 1 aromatic heterocycles. The molecule has 0 aliphatic rings. The molecule has 1 N–H and O–H groups in total. The Bertz CT molecular complexity index is 338. The highest BCUT2D eigenvalue weighted by Gasteiger charge is 2.15. The van der Waals surface area contributed by atoms with Crippen LogP contribution in [-0.2, 0) is 4.74 Å². The number of alkyl carbamates (subject to hydrolysis) is 1. The number of nitrogens with zero attached hydrogens (tertiary/aromatic N) is 2. The second-order valence-corrected chi connectivity index (χ2v) is 3.54. The van der Waals surface area contributed by atoms with Crippen molar-refractivity contribution in [2.45, 2.75) is 39.7 Å². The van der Waals surface area contributed by atoms with Crippen LogP contribution in [0, 0.1) is 6.92 Å². The predicted molar refractivity (Wildman–Crippen MR) is 56.8 cm³/mol. The molecular formula is C10H17N3O3. The summed E-state index contributed by atoms with van der Waals surface area (Å²) in [6.07, 6.45) is 1.39. The molecule has 1 rings (SSSR count). The number of aromatic nitrogens is 2. The van der Waals surface area contributed by atoms with Crippen LogP contribution in [0.5, 0.6) is 0 Å².